The summed E-state index contributed by atoms with van der Waals surface area (Å²) in [6, 6.07) is 21.8. The fraction of sp³-hybridized carbons (Fsp3) is 0.167. The SMILES string of the molecule is C[C@H](OC(=O)CNC(=O)Cc1cccc2ccccc12)C(=O)Nc1ccc(C#N)cc1. The van der Waals surface area contributed by atoms with Gasteiger partial charge in [0.1, 0.15) is 6.54 Å². The van der Waals surface area contributed by atoms with Crippen molar-refractivity contribution in [3.05, 3.63) is 77.9 Å². The molecule has 3 rings (SSSR count). The zero-order valence-electron chi connectivity index (χ0n) is 16.9. The zero-order chi connectivity index (χ0) is 22.2. The number of rotatable bonds is 7. The average Bonchev–Trinajstić information content (AvgIpc) is 2.78. The smallest absolute Gasteiger partial charge is 0.326 e. The molecule has 0 radical (unpaired) electrons. The third kappa shape index (κ3) is 5.90. The van der Waals surface area contributed by atoms with Crippen LogP contribution in [0.3, 0.4) is 0 Å². The van der Waals surface area contributed by atoms with Gasteiger partial charge < -0.3 is 15.4 Å². The van der Waals surface area contributed by atoms with Crippen molar-refractivity contribution in [2.45, 2.75) is 19.4 Å². The first-order chi connectivity index (χ1) is 15.0. The second kappa shape index (κ2) is 10.0. The van der Waals surface area contributed by atoms with Gasteiger partial charge in [-0.1, -0.05) is 42.5 Å². The molecule has 0 saturated heterocycles. The fourth-order valence-corrected chi connectivity index (χ4v) is 3.02. The van der Waals surface area contributed by atoms with E-state index >= 15 is 0 Å². The predicted molar refractivity (Wildman–Crippen MR) is 116 cm³/mol. The molecule has 0 aliphatic rings. The lowest BCUT2D eigenvalue weighted by Gasteiger charge is -2.14. The molecule has 0 aliphatic heterocycles. The molecule has 0 aliphatic carbocycles. The second-order valence-electron chi connectivity index (χ2n) is 6.90. The third-order valence-electron chi connectivity index (χ3n) is 4.62. The summed E-state index contributed by atoms with van der Waals surface area (Å²) in [6.07, 6.45) is -0.915. The van der Waals surface area contributed by atoms with Gasteiger partial charge in [0.15, 0.2) is 6.10 Å². The molecule has 2 N–H and O–H groups in total. The maximum absolute atomic E-state index is 12.3. The summed E-state index contributed by atoms with van der Waals surface area (Å²) in [4.78, 5) is 36.4. The Morgan fingerprint density at radius 1 is 1.00 bits per heavy atom. The number of amides is 2. The van der Waals surface area contributed by atoms with E-state index in [-0.39, 0.29) is 18.9 Å². The summed E-state index contributed by atoms with van der Waals surface area (Å²) in [5.74, 6) is -1.54. The van der Waals surface area contributed by atoms with Crippen molar-refractivity contribution in [2.75, 3.05) is 11.9 Å². The summed E-state index contributed by atoms with van der Waals surface area (Å²) in [5, 5.41) is 15.9. The number of hydrogen-bond acceptors (Lipinski definition) is 5. The number of nitriles is 1. The third-order valence-corrected chi connectivity index (χ3v) is 4.62. The maximum Gasteiger partial charge on any atom is 0.326 e. The number of nitrogens with one attached hydrogen (secondary N) is 2. The molecule has 0 aromatic heterocycles. The van der Waals surface area contributed by atoms with Crippen molar-refractivity contribution in [2.24, 2.45) is 0 Å². The van der Waals surface area contributed by atoms with Crippen LogP contribution >= 0.6 is 0 Å². The summed E-state index contributed by atoms with van der Waals surface area (Å²) in [6.45, 7) is 1.10. The van der Waals surface area contributed by atoms with E-state index in [4.69, 9.17) is 10.00 Å². The van der Waals surface area contributed by atoms with Gasteiger partial charge >= 0.3 is 5.97 Å². The number of nitrogens with zero attached hydrogens (tertiary/aromatic N) is 1. The topological polar surface area (TPSA) is 108 Å². The van der Waals surface area contributed by atoms with E-state index in [9.17, 15) is 14.4 Å². The van der Waals surface area contributed by atoms with Crippen LogP contribution in [0.25, 0.3) is 10.8 Å². The highest BCUT2D eigenvalue weighted by molar-refractivity contribution is 5.95. The van der Waals surface area contributed by atoms with E-state index in [1.165, 1.54) is 6.92 Å². The van der Waals surface area contributed by atoms with Gasteiger partial charge in [-0.15, -0.1) is 0 Å². The maximum atomic E-state index is 12.3. The average molecular weight is 415 g/mol. The van der Waals surface area contributed by atoms with Gasteiger partial charge in [-0.3, -0.25) is 14.4 Å². The molecule has 0 fully saturated rings. The van der Waals surface area contributed by atoms with Crippen molar-refractivity contribution >= 4 is 34.2 Å². The van der Waals surface area contributed by atoms with E-state index in [0.29, 0.717) is 11.3 Å². The quantitative estimate of drug-likeness (QED) is 0.577. The largest absolute Gasteiger partial charge is 0.451 e. The van der Waals surface area contributed by atoms with Crippen LogP contribution in [0.2, 0.25) is 0 Å². The zero-order valence-corrected chi connectivity index (χ0v) is 16.9. The van der Waals surface area contributed by atoms with Crippen molar-refractivity contribution < 1.29 is 19.1 Å². The van der Waals surface area contributed by atoms with E-state index in [1.54, 1.807) is 24.3 Å². The number of fused-ring (bicyclic) bond motifs is 1. The molecular formula is C24H21N3O4. The molecular weight excluding hydrogens is 394 g/mol. The van der Waals surface area contributed by atoms with E-state index < -0.39 is 18.0 Å². The molecule has 156 valence electrons. The van der Waals surface area contributed by atoms with Gasteiger partial charge in [0.05, 0.1) is 18.1 Å². The first kappa shape index (κ1) is 21.5. The lowest BCUT2D eigenvalue weighted by Crippen LogP contribution is -2.36. The van der Waals surface area contributed by atoms with Crippen LogP contribution in [0.15, 0.2) is 66.7 Å². The standard InChI is InChI=1S/C24H21N3O4/c1-16(24(30)27-20-11-9-17(14-25)10-12-20)31-23(29)15-26-22(28)13-19-7-4-6-18-5-2-3-8-21(18)19/h2-12,16H,13,15H2,1H3,(H,26,28)(H,27,30)/t16-/m0/s1. The number of esters is 1. The summed E-state index contributed by atoms with van der Waals surface area (Å²) in [5.41, 5.74) is 1.81. The second-order valence-corrected chi connectivity index (χ2v) is 6.90. The minimum absolute atomic E-state index is 0.128. The fourth-order valence-electron chi connectivity index (χ4n) is 3.02. The molecule has 3 aromatic rings. The molecule has 3 aromatic carbocycles. The number of hydrogen-bond donors (Lipinski definition) is 2. The molecule has 0 heterocycles. The molecule has 31 heavy (non-hydrogen) atoms. The number of carbonyl (C=O) groups excluding carboxylic acids is 3. The normalized spacial score (nSPS) is 11.2. The number of ether oxygens (including phenoxy) is 1. The van der Waals surface area contributed by atoms with Crippen LogP contribution in [0.1, 0.15) is 18.1 Å². The summed E-state index contributed by atoms with van der Waals surface area (Å²) < 4.78 is 5.08. The first-order valence-corrected chi connectivity index (χ1v) is 9.70. The Labute approximate surface area is 179 Å². The highest BCUT2D eigenvalue weighted by atomic mass is 16.5. The van der Waals surface area contributed by atoms with E-state index in [0.717, 1.165) is 16.3 Å². The molecule has 0 bridgehead atoms. The van der Waals surface area contributed by atoms with Crippen molar-refractivity contribution in [1.29, 1.82) is 5.26 Å². The lowest BCUT2D eigenvalue weighted by molar-refractivity contribution is -0.152. The lowest BCUT2D eigenvalue weighted by atomic mass is 10.0. The predicted octanol–water partition coefficient (Wildman–Crippen LogP) is 2.94. The van der Waals surface area contributed by atoms with Crippen LogP contribution in [0, 0.1) is 11.3 Å². The molecule has 1 atom stereocenters. The molecule has 7 nitrogen and oxygen atoms in total. The Kier molecular flexibility index (Phi) is 6.97. The number of benzene rings is 3. The highest BCUT2D eigenvalue weighted by Gasteiger charge is 2.18. The van der Waals surface area contributed by atoms with Crippen molar-refractivity contribution in [3.63, 3.8) is 0 Å². The van der Waals surface area contributed by atoms with Crippen LogP contribution in [0.4, 0.5) is 5.69 Å². The van der Waals surface area contributed by atoms with Gasteiger partial charge in [0, 0.05) is 5.69 Å². The first-order valence-electron chi connectivity index (χ1n) is 9.70. The molecule has 7 heteroatoms. The van der Waals surface area contributed by atoms with Gasteiger partial charge in [0.25, 0.3) is 5.91 Å². The number of carbonyl (C=O) groups is 3. The minimum Gasteiger partial charge on any atom is -0.451 e. The van der Waals surface area contributed by atoms with E-state index in [1.807, 2.05) is 48.5 Å². The highest BCUT2D eigenvalue weighted by Crippen LogP contribution is 2.18. The summed E-state index contributed by atoms with van der Waals surface area (Å²) in [7, 11) is 0. The molecule has 0 unspecified atom stereocenters. The molecule has 0 saturated carbocycles. The minimum atomic E-state index is -1.04. The Balaban J connectivity index is 1.46. The van der Waals surface area contributed by atoms with E-state index in [2.05, 4.69) is 10.6 Å². The van der Waals surface area contributed by atoms with Crippen LogP contribution < -0.4 is 10.6 Å². The van der Waals surface area contributed by atoms with Crippen molar-refractivity contribution in [3.8, 4) is 6.07 Å². The Morgan fingerprint density at radius 3 is 2.45 bits per heavy atom. The Bertz CT molecular complexity index is 1140. The Hall–Kier alpha value is -4.18. The van der Waals surface area contributed by atoms with Gasteiger partial charge in [-0.05, 0) is 47.5 Å². The van der Waals surface area contributed by atoms with Gasteiger partial charge in [0.2, 0.25) is 5.91 Å². The van der Waals surface area contributed by atoms with Gasteiger partial charge in [-0.2, -0.15) is 5.26 Å². The monoisotopic (exact) mass is 415 g/mol. The van der Waals surface area contributed by atoms with Crippen LogP contribution in [0.5, 0.6) is 0 Å². The summed E-state index contributed by atoms with van der Waals surface area (Å²) >= 11 is 0. The Morgan fingerprint density at radius 2 is 1.71 bits per heavy atom. The van der Waals surface area contributed by atoms with Crippen LogP contribution in [-0.2, 0) is 25.5 Å². The number of anilines is 1. The molecule has 2 amide bonds. The van der Waals surface area contributed by atoms with Gasteiger partial charge in [-0.25, -0.2) is 0 Å². The van der Waals surface area contributed by atoms with Crippen LogP contribution in [-0.4, -0.2) is 30.4 Å². The molecule has 0 spiro atoms. The van der Waals surface area contributed by atoms with Crippen molar-refractivity contribution in [1.82, 2.24) is 5.32 Å².